The van der Waals surface area contributed by atoms with Gasteiger partial charge in [0.15, 0.2) is 0 Å². The molecule has 2 aliphatic rings. The summed E-state index contributed by atoms with van der Waals surface area (Å²) in [5, 5.41) is 3.74. The first kappa shape index (κ1) is 13.6. The van der Waals surface area contributed by atoms with Crippen LogP contribution in [0.25, 0.3) is 0 Å². The number of halogens is 1. The van der Waals surface area contributed by atoms with Crippen molar-refractivity contribution in [3.8, 4) is 0 Å². The van der Waals surface area contributed by atoms with Crippen molar-refractivity contribution in [2.24, 2.45) is 5.41 Å². The summed E-state index contributed by atoms with van der Waals surface area (Å²) in [6.45, 7) is 7.87. The molecule has 2 fully saturated rings. The SMILES string of the molecule is CC(C)(C)NCC1(c2ccccc2Br)CC2(CC2)C1. The van der Waals surface area contributed by atoms with Crippen LogP contribution < -0.4 is 5.32 Å². The van der Waals surface area contributed by atoms with E-state index in [0.717, 1.165) is 12.0 Å². The second-order valence-corrected chi connectivity index (χ2v) is 8.57. The van der Waals surface area contributed by atoms with E-state index in [1.807, 2.05) is 0 Å². The second kappa shape index (κ2) is 4.33. The monoisotopic (exact) mass is 321 g/mol. The van der Waals surface area contributed by atoms with Crippen molar-refractivity contribution in [3.63, 3.8) is 0 Å². The fourth-order valence-electron chi connectivity index (χ4n) is 3.65. The van der Waals surface area contributed by atoms with E-state index in [9.17, 15) is 0 Å². The Morgan fingerprint density at radius 2 is 1.79 bits per heavy atom. The topological polar surface area (TPSA) is 12.0 Å². The first-order chi connectivity index (χ1) is 8.84. The van der Waals surface area contributed by atoms with Gasteiger partial charge in [-0.3, -0.25) is 0 Å². The molecule has 3 rings (SSSR count). The van der Waals surface area contributed by atoms with Gasteiger partial charge in [0.05, 0.1) is 0 Å². The van der Waals surface area contributed by atoms with Crippen molar-refractivity contribution < 1.29 is 0 Å². The summed E-state index contributed by atoms with van der Waals surface area (Å²) < 4.78 is 1.28. The van der Waals surface area contributed by atoms with Crippen LogP contribution in [0.5, 0.6) is 0 Å². The minimum atomic E-state index is 0.195. The predicted octanol–water partition coefficient (Wildman–Crippen LogP) is 4.65. The van der Waals surface area contributed by atoms with Gasteiger partial charge in [-0.2, -0.15) is 0 Å². The highest BCUT2D eigenvalue weighted by molar-refractivity contribution is 9.10. The van der Waals surface area contributed by atoms with Crippen molar-refractivity contribution >= 4 is 15.9 Å². The predicted molar refractivity (Wildman–Crippen MR) is 84.5 cm³/mol. The van der Waals surface area contributed by atoms with Crippen LogP contribution in [0.3, 0.4) is 0 Å². The van der Waals surface area contributed by atoms with Crippen LogP contribution >= 0.6 is 15.9 Å². The molecule has 0 aromatic heterocycles. The molecule has 19 heavy (non-hydrogen) atoms. The van der Waals surface area contributed by atoms with Gasteiger partial charge in [0.1, 0.15) is 0 Å². The normalized spacial score (nSPS) is 23.2. The van der Waals surface area contributed by atoms with Crippen LogP contribution in [0.4, 0.5) is 0 Å². The van der Waals surface area contributed by atoms with Crippen LogP contribution in [0, 0.1) is 5.41 Å². The van der Waals surface area contributed by atoms with Crippen molar-refractivity contribution in [2.45, 2.75) is 57.4 Å². The Balaban J connectivity index is 1.84. The minimum Gasteiger partial charge on any atom is -0.311 e. The molecule has 2 heteroatoms. The van der Waals surface area contributed by atoms with Gasteiger partial charge in [0, 0.05) is 22.0 Å². The Kier molecular flexibility index (Phi) is 3.10. The van der Waals surface area contributed by atoms with Crippen molar-refractivity contribution in [1.29, 1.82) is 0 Å². The molecule has 0 radical (unpaired) electrons. The molecule has 2 aliphatic carbocycles. The van der Waals surface area contributed by atoms with E-state index in [2.05, 4.69) is 66.3 Å². The molecule has 1 aromatic carbocycles. The van der Waals surface area contributed by atoms with Gasteiger partial charge in [-0.1, -0.05) is 34.1 Å². The molecule has 0 atom stereocenters. The van der Waals surface area contributed by atoms with Crippen LogP contribution in [0.1, 0.15) is 52.0 Å². The molecule has 1 aromatic rings. The number of benzene rings is 1. The molecule has 1 nitrogen and oxygen atoms in total. The first-order valence-corrected chi connectivity index (χ1v) is 8.14. The van der Waals surface area contributed by atoms with Gasteiger partial charge >= 0.3 is 0 Å². The van der Waals surface area contributed by atoms with Gasteiger partial charge in [-0.05, 0) is 63.5 Å². The van der Waals surface area contributed by atoms with E-state index < -0.39 is 0 Å². The number of hydrogen-bond acceptors (Lipinski definition) is 1. The Hall–Kier alpha value is -0.340. The van der Waals surface area contributed by atoms with Crippen molar-refractivity contribution in [3.05, 3.63) is 34.3 Å². The van der Waals surface area contributed by atoms with Crippen LogP contribution in [0.2, 0.25) is 0 Å². The summed E-state index contributed by atoms with van der Waals surface area (Å²) in [6.07, 6.45) is 5.64. The Morgan fingerprint density at radius 3 is 2.32 bits per heavy atom. The Morgan fingerprint density at radius 1 is 1.16 bits per heavy atom. The third kappa shape index (κ3) is 2.62. The molecule has 0 unspecified atom stereocenters. The van der Waals surface area contributed by atoms with E-state index in [1.165, 1.54) is 35.7 Å². The highest BCUT2D eigenvalue weighted by atomic mass is 79.9. The lowest BCUT2D eigenvalue weighted by molar-refractivity contribution is 0.107. The van der Waals surface area contributed by atoms with Gasteiger partial charge < -0.3 is 5.32 Å². The zero-order valence-corrected chi connectivity index (χ0v) is 13.8. The maximum Gasteiger partial charge on any atom is 0.0213 e. The molecular formula is C17H24BrN. The van der Waals surface area contributed by atoms with Crippen LogP contribution in [0.15, 0.2) is 28.7 Å². The summed E-state index contributed by atoms with van der Waals surface area (Å²) in [7, 11) is 0. The summed E-state index contributed by atoms with van der Waals surface area (Å²) in [5.74, 6) is 0. The minimum absolute atomic E-state index is 0.195. The molecule has 1 spiro atoms. The fourth-order valence-corrected chi connectivity index (χ4v) is 4.36. The van der Waals surface area contributed by atoms with Gasteiger partial charge in [0.25, 0.3) is 0 Å². The lowest BCUT2D eigenvalue weighted by Gasteiger charge is -2.51. The van der Waals surface area contributed by atoms with E-state index in [1.54, 1.807) is 0 Å². The maximum absolute atomic E-state index is 3.76. The van der Waals surface area contributed by atoms with Crippen LogP contribution in [-0.4, -0.2) is 12.1 Å². The van der Waals surface area contributed by atoms with Gasteiger partial charge in [-0.25, -0.2) is 0 Å². The van der Waals surface area contributed by atoms with E-state index in [4.69, 9.17) is 0 Å². The van der Waals surface area contributed by atoms with E-state index >= 15 is 0 Å². The third-order valence-electron chi connectivity index (χ3n) is 4.79. The zero-order chi connectivity index (χ0) is 13.7. The molecule has 0 bridgehead atoms. The lowest BCUT2D eigenvalue weighted by Crippen LogP contribution is -2.53. The smallest absolute Gasteiger partial charge is 0.0213 e. The fraction of sp³-hybridized carbons (Fsp3) is 0.647. The molecule has 0 amide bonds. The Bertz CT molecular complexity index is 474. The number of rotatable bonds is 3. The zero-order valence-electron chi connectivity index (χ0n) is 12.2. The summed E-state index contributed by atoms with van der Waals surface area (Å²) >= 11 is 3.76. The molecule has 0 aliphatic heterocycles. The molecule has 0 heterocycles. The quantitative estimate of drug-likeness (QED) is 0.854. The highest BCUT2D eigenvalue weighted by Gasteiger charge is 2.61. The second-order valence-electron chi connectivity index (χ2n) is 7.72. The molecular weight excluding hydrogens is 298 g/mol. The molecule has 1 N–H and O–H groups in total. The first-order valence-electron chi connectivity index (χ1n) is 7.34. The summed E-state index contributed by atoms with van der Waals surface area (Å²) in [5.41, 5.74) is 2.77. The number of hydrogen-bond donors (Lipinski definition) is 1. The average molecular weight is 322 g/mol. The maximum atomic E-state index is 3.76. The van der Waals surface area contributed by atoms with Gasteiger partial charge in [0.2, 0.25) is 0 Å². The summed E-state index contributed by atoms with van der Waals surface area (Å²) in [6, 6.07) is 8.79. The Labute approximate surface area is 125 Å². The van der Waals surface area contributed by atoms with Crippen molar-refractivity contribution in [2.75, 3.05) is 6.54 Å². The largest absolute Gasteiger partial charge is 0.311 e. The van der Waals surface area contributed by atoms with E-state index in [0.29, 0.717) is 5.41 Å². The third-order valence-corrected chi connectivity index (χ3v) is 5.48. The molecule has 2 saturated carbocycles. The standard InChI is InChI=1S/C17H24BrN/c1-15(2,3)19-12-17(10-16(11-17)8-9-16)13-6-4-5-7-14(13)18/h4-7,19H,8-12H2,1-3H3. The molecule has 0 saturated heterocycles. The number of nitrogens with one attached hydrogen (secondary N) is 1. The van der Waals surface area contributed by atoms with E-state index in [-0.39, 0.29) is 5.54 Å². The van der Waals surface area contributed by atoms with Crippen LogP contribution in [-0.2, 0) is 5.41 Å². The highest BCUT2D eigenvalue weighted by Crippen LogP contribution is 2.69. The van der Waals surface area contributed by atoms with Gasteiger partial charge in [-0.15, -0.1) is 0 Å². The lowest BCUT2D eigenvalue weighted by atomic mass is 9.56. The van der Waals surface area contributed by atoms with Crippen molar-refractivity contribution in [1.82, 2.24) is 5.32 Å². The summed E-state index contributed by atoms with van der Waals surface area (Å²) in [4.78, 5) is 0. The average Bonchev–Trinajstić information content (AvgIpc) is 3.04. The molecule has 104 valence electrons.